The summed E-state index contributed by atoms with van der Waals surface area (Å²) in [6, 6.07) is 7.69. The number of H-pyrrole nitrogens is 1. The minimum Gasteiger partial charge on any atom is -0.409 e. The van der Waals surface area contributed by atoms with Gasteiger partial charge in [-0.25, -0.2) is 4.98 Å². The van der Waals surface area contributed by atoms with Crippen molar-refractivity contribution in [1.29, 1.82) is 0 Å². The molecule has 0 amide bonds. The molecule has 2 aromatic rings. The normalized spacial score (nSPS) is 13.2. The lowest BCUT2D eigenvalue weighted by molar-refractivity contribution is 0.319. The molecule has 2 heterocycles. The van der Waals surface area contributed by atoms with Crippen LogP contribution >= 0.6 is 0 Å². The number of anilines is 1. The number of amidine groups is 1. The lowest BCUT2D eigenvalue weighted by Gasteiger charge is -2.01. The van der Waals surface area contributed by atoms with Crippen molar-refractivity contribution in [2.75, 3.05) is 5.43 Å². The van der Waals surface area contributed by atoms with E-state index in [4.69, 9.17) is 10.9 Å². The molecule has 20 heavy (non-hydrogen) atoms. The first-order valence-electron chi connectivity index (χ1n) is 5.82. The summed E-state index contributed by atoms with van der Waals surface area (Å²) in [5.41, 5.74) is 10.6. The number of hydrogen-bond acceptors (Lipinski definition) is 5. The molecule has 1 aliphatic rings. The highest BCUT2D eigenvalue weighted by atomic mass is 16.4. The first-order valence-corrected chi connectivity index (χ1v) is 5.82. The Bertz CT molecular complexity index is 613. The summed E-state index contributed by atoms with van der Waals surface area (Å²) in [6.45, 7) is 0. The van der Waals surface area contributed by atoms with E-state index in [2.05, 4.69) is 25.7 Å². The zero-order valence-electron chi connectivity index (χ0n) is 10.6. The quantitative estimate of drug-likeness (QED) is 0.273. The fourth-order valence-electron chi connectivity index (χ4n) is 1.48. The molecule has 102 valence electrons. The van der Waals surface area contributed by atoms with Crippen LogP contribution in [0.15, 0.2) is 59.3 Å². The van der Waals surface area contributed by atoms with Gasteiger partial charge >= 0.3 is 0 Å². The number of aromatic amines is 1. The molecule has 0 spiro atoms. The Morgan fingerprint density at radius 3 is 2.75 bits per heavy atom. The molecule has 0 saturated carbocycles. The predicted octanol–water partition coefficient (Wildman–Crippen LogP) is 1.64. The molecule has 1 aromatic carbocycles. The number of imidazole rings is 1. The van der Waals surface area contributed by atoms with Gasteiger partial charge in [-0.3, -0.25) is 5.43 Å². The first-order chi connectivity index (χ1) is 9.81. The van der Waals surface area contributed by atoms with Crippen LogP contribution in [0.25, 0.3) is 6.08 Å². The minimum atomic E-state index is -0.0217. The Balaban J connectivity index is 0.000000247. The third-order valence-electron chi connectivity index (χ3n) is 2.45. The van der Waals surface area contributed by atoms with Crippen molar-refractivity contribution in [1.82, 2.24) is 9.97 Å². The van der Waals surface area contributed by atoms with Crippen LogP contribution in [0, 0.1) is 0 Å². The summed E-state index contributed by atoms with van der Waals surface area (Å²) in [6.07, 6.45) is 8.63. The topological polar surface area (TPSA) is 112 Å². The molecule has 0 atom stereocenters. The van der Waals surface area contributed by atoms with Crippen molar-refractivity contribution in [3.63, 3.8) is 0 Å². The molecule has 0 unspecified atom stereocenters. The number of nitrogens with two attached hydrogens (primary N) is 1. The van der Waals surface area contributed by atoms with Gasteiger partial charge in [0.2, 0.25) is 0 Å². The molecule has 7 heteroatoms. The smallest absolute Gasteiger partial charge is 0.190 e. The number of nitrogens with zero attached hydrogens (tertiary/aromatic N) is 3. The molecule has 0 saturated heterocycles. The summed E-state index contributed by atoms with van der Waals surface area (Å²) in [4.78, 5) is 6.42. The number of oxime groups is 1. The average molecular weight is 270 g/mol. The molecule has 7 nitrogen and oxygen atoms in total. The largest absolute Gasteiger partial charge is 0.409 e. The van der Waals surface area contributed by atoms with Crippen molar-refractivity contribution in [3.8, 4) is 0 Å². The molecular formula is C13H14N6O. The van der Waals surface area contributed by atoms with Crippen molar-refractivity contribution in [2.24, 2.45) is 16.0 Å². The van der Waals surface area contributed by atoms with Gasteiger partial charge < -0.3 is 15.9 Å². The molecule has 3 rings (SSSR count). The zero-order valence-corrected chi connectivity index (χ0v) is 10.6. The number of hydrazone groups is 1. The van der Waals surface area contributed by atoms with E-state index in [1.807, 2.05) is 30.3 Å². The summed E-state index contributed by atoms with van der Waals surface area (Å²) >= 11 is 0. The van der Waals surface area contributed by atoms with Crippen LogP contribution in [0.2, 0.25) is 0 Å². The van der Waals surface area contributed by atoms with Gasteiger partial charge in [-0.1, -0.05) is 29.4 Å². The molecule has 1 aliphatic heterocycles. The second-order valence-corrected chi connectivity index (χ2v) is 3.78. The van der Waals surface area contributed by atoms with Crippen molar-refractivity contribution in [2.45, 2.75) is 0 Å². The van der Waals surface area contributed by atoms with Gasteiger partial charge in [0.1, 0.15) is 5.71 Å². The Morgan fingerprint density at radius 1 is 1.25 bits per heavy atom. The fraction of sp³-hybridized carbons (Fsp3) is 0. The van der Waals surface area contributed by atoms with E-state index in [1.165, 1.54) is 0 Å². The van der Waals surface area contributed by atoms with Crippen LogP contribution in [0.3, 0.4) is 0 Å². The van der Waals surface area contributed by atoms with Gasteiger partial charge in [-0.15, -0.1) is 0 Å². The number of fused-ring (bicyclic) bond motifs is 1. The van der Waals surface area contributed by atoms with Crippen molar-refractivity contribution in [3.05, 3.63) is 54.6 Å². The molecule has 1 aromatic heterocycles. The van der Waals surface area contributed by atoms with Crippen LogP contribution in [-0.4, -0.2) is 26.7 Å². The van der Waals surface area contributed by atoms with Crippen LogP contribution in [0.1, 0.15) is 5.56 Å². The summed E-state index contributed by atoms with van der Waals surface area (Å²) in [5.74, 6) is -0.0217. The van der Waals surface area contributed by atoms with Crippen LogP contribution in [0.4, 0.5) is 5.69 Å². The summed E-state index contributed by atoms with van der Waals surface area (Å²) < 4.78 is 0. The standard InChI is InChI=1S/C10H10N4O.C3H4N2/c11-10(14-15)9-6-5-7-3-1-2-4-8(7)12-13-9;1-2-5-3-4-1/h1-6,12,15H,(H2,11,14);1-3H,(H,4,5). The van der Waals surface area contributed by atoms with Crippen molar-refractivity contribution < 1.29 is 5.21 Å². The highest BCUT2D eigenvalue weighted by Crippen LogP contribution is 2.18. The second-order valence-electron chi connectivity index (χ2n) is 3.78. The van der Waals surface area contributed by atoms with E-state index in [9.17, 15) is 0 Å². The van der Waals surface area contributed by atoms with E-state index < -0.39 is 0 Å². The second kappa shape index (κ2) is 6.74. The Labute approximate surface area is 115 Å². The Morgan fingerprint density at radius 2 is 2.10 bits per heavy atom. The number of aromatic nitrogens is 2. The summed E-state index contributed by atoms with van der Waals surface area (Å²) in [7, 11) is 0. The number of nitrogens with one attached hydrogen (secondary N) is 2. The highest BCUT2D eigenvalue weighted by Gasteiger charge is 2.06. The molecule has 0 bridgehead atoms. The third kappa shape index (κ3) is 3.45. The third-order valence-corrected chi connectivity index (χ3v) is 2.45. The Hall–Kier alpha value is -3.09. The monoisotopic (exact) mass is 270 g/mol. The van der Waals surface area contributed by atoms with Gasteiger partial charge in [0.25, 0.3) is 0 Å². The number of hydrogen-bond donors (Lipinski definition) is 4. The Kier molecular flexibility index (Phi) is 4.50. The maximum absolute atomic E-state index is 8.52. The lowest BCUT2D eigenvalue weighted by atomic mass is 10.1. The van der Waals surface area contributed by atoms with Crippen LogP contribution < -0.4 is 11.2 Å². The van der Waals surface area contributed by atoms with E-state index in [-0.39, 0.29) is 5.84 Å². The maximum Gasteiger partial charge on any atom is 0.190 e. The number of benzene rings is 1. The van der Waals surface area contributed by atoms with Crippen LogP contribution in [0.5, 0.6) is 0 Å². The van der Waals surface area contributed by atoms with E-state index >= 15 is 0 Å². The molecule has 0 radical (unpaired) electrons. The van der Waals surface area contributed by atoms with E-state index in [1.54, 1.807) is 24.8 Å². The molecule has 5 N–H and O–H groups in total. The summed E-state index contributed by atoms with van der Waals surface area (Å²) in [5, 5.41) is 15.4. The first kappa shape index (κ1) is 13.3. The molecule has 0 fully saturated rings. The van der Waals surface area contributed by atoms with E-state index in [0.717, 1.165) is 11.3 Å². The lowest BCUT2D eigenvalue weighted by Crippen LogP contribution is -2.22. The zero-order chi connectivity index (χ0) is 14.2. The molecule has 0 aliphatic carbocycles. The molecular weight excluding hydrogens is 256 g/mol. The number of para-hydroxylation sites is 1. The van der Waals surface area contributed by atoms with Gasteiger partial charge in [0.15, 0.2) is 5.84 Å². The van der Waals surface area contributed by atoms with Gasteiger partial charge in [-0.2, -0.15) is 5.10 Å². The highest BCUT2D eigenvalue weighted by molar-refractivity contribution is 6.45. The van der Waals surface area contributed by atoms with Gasteiger partial charge in [-0.05, 0) is 17.7 Å². The minimum absolute atomic E-state index is 0.0217. The van der Waals surface area contributed by atoms with Gasteiger partial charge in [0, 0.05) is 12.4 Å². The van der Waals surface area contributed by atoms with E-state index in [0.29, 0.717) is 5.71 Å². The van der Waals surface area contributed by atoms with Gasteiger partial charge in [0.05, 0.1) is 12.0 Å². The van der Waals surface area contributed by atoms with Crippen LogP contribution in [-0.2, 0) is 0 Å². The average Bonchev–Trinajstić information content (AvgIpc) is 3.00. The maximum atomic E-state index is 8.52. The fourth-order valence-corrected chi connectivity index (χ4v) is 1.48. The number of rotatable bonds is 1. The van der Waals surface area contributed by atoms with Crippen molar-refractivity contribution >= 4 is 23.3 Å². The SMILES string of the molecule is NC(=NO)C1=NNc2ccccc2C=C1.c1c[nH]cn1. The predicted molar refractivity (Wildman–Crippen MR) is 78.5 cm³/mol.